The van der Waals surface area contributed by atoms with Gasteiger partial charge in [0.25, 0.3) is 0 Å². The summed E-state index contributed by atoms with van der Waals surface area (Å²) in [6, 6.07) is 17.3. The van der Waals surface area contributed by atoms with E-state index in [1.807, 2.05) is 12.1 Å². The van der Waals surface area contributed by atoms with Crippen LogP contribution < -0.4 is 5.32 Å². The smallest absolute Gasteiger partial charge is 0.0438 e. The molecule has 2 rings (SSSR count). The van der Waals surface area contributed by atoms with E-state index in [0.29, 0.717) is 6.04 Å². The van der Waals surface area contributed by atoms with Crippen molar-refractivity contribution >= 4 is 11.6 Å². The predicted octanol–water partition coefficient (Wildman–Crippen LogP) is 4.41. The van der Waals surface area contributed by atoms with Gasteiger partial charge in [0.15, 0.2) is 0 Å². The Morgan fingerprint density at radius 2 is 1.85 bits per heavy atom. The van der Waals surface area contributed by atoms with E-state index in [4.69, 9.17) is 11.6 Å². The number of rotatable bonds is 6. The summed E-state index contributed by atoms with van der Waals surface area (Å²) in [6.45, 7) is 5.26. The van der Waals surface area contributed by atoms with E-state index in [0.717, 1.165) is 24.4 Å². The molecule has 0 radical (unpaired) electrons. The lowest BCUT2D eigenvalue weighted by Crippen LogP contribution is -2.33. The first-order valence-electron chi connectivity index (χ1n) is 7.21. The van der Waals surface area contributed by atoms with Gasteiger partial charge >= 0.3 is 0 Å². The molecule has 0 aromatic heterocycles. The van der Waals surface area contributed by atoms with Crippen molar-refractivity contribution in [3.8, 4) is 0 Å². The lowest BCUT2D eigenvalue weighted by atomic mass is 9.98. The molecule has 2 heteroatoms. The van der Waals surface area contributed by atoms with Crippen molar-refractivity contribution in [1.29, 1.82) is 0 Å². The highest BCUT2D eigenvalue weighted by molar-refractivity contribution is 6.31. The van der Waals surface area contributed by atoms with Gasteiger partial charge in [0.1, 0.15) is 0 Å². The molecule has 1 atom stereocenters. The zero-order valence-electron chi connectivity index (χ0n) is 12.2. The molecular formula is C18H22ClN. The second-order valence-electron chi connectivity index (χ2n) is 5.24. The standard InChI is InChI=1S/C18H22ClN/c1-3-20-17(12-15-8-6-7-14(2)11-15)13-16-9-4-5-10-18(16)19/h4-11,17,20H,3,12-13H2,1-2H3. The van der Waals surface area contributed by atoms with Crippen LogP contribution in [0.5, 0.6) is 0 Å². The van der Waals surface area contributed by atoms with Gasteiger partial charge in [-0.05, 0) is 43.5 Å². The van der Waals surface area contributed by atoms with Crippen molar-refractivity contribution in [2.45, 2.75) is 32.7 Å². The summed E-state index contributed by atoms with van der Waals surface area (Å²) < 4.78 is 0. The van der Waals surface area contributed by atoms with Crippen LogP contribution in [0.3, 0.4) is 0 Å². The summed E-state index contributed by atoms with van der Waals surface area (Å²) >= 11 is 6.27. The van der Waals surface area contributed by atoms with Gasteiger partial charge in [-0.2, -0.15) is 0 Å². The van der Waals surface area contributed by atoms with Crippen LogP contribution in [0.2, 0.25) is 5.02 Å². The zero-order valence-corrected chi connectivity index (χ0v) is 13.0. The molecule has 2 aromatic rings. The van der Waals surface area contributed by atoms with Crippen molar-refractivity contribution in [3.63, 3.8) is 0 Å². The van der Waals surface area contributed by atoms with Gasteiger partial charge in [0.05, 0.1) is 0 Å². The van der Waals surface area contributed by atoms with Crippen molar-refractivity contribution in [2.75, 3.05) is 6.54 Å². The normalized spacial score (nSPS) is 12.3. The van der Waals surface area contributed by atoms with Gasteiger partial charge in [-0.1, -0.05) is 66.6 Å². The molecule has 0 spiro atoms. The molecule has 0 heterocycles. The molecule has 0 aliphatic carbocycles. The van der Waals surface area contributed by atoms with Crippen LogP contribution in [0.25, 0.3) is 0 Å². The van der Waals surface area contributed by atoms with Gasteiger partial charge in [-0.15, -0.1) is 0 Å². The average Bonchev–Trinajstić information content (AvgIpc) is 2.42. The average molecular weight is 288 g/mol. The molecule has 0 fully saturated rings. The number of hydrogen-bond donors (Lipinski definition) is 1. The Hall–Kier alpha value is -1.31. The van der Waals surface area contributed by atoms with Gasteiger partial charge in [0, 0.05) is 11.1 Å². The minimum absolute atomic E-state index is 0.418. The summed E-state index contributed by atoms with van der Waals surface area (Å²) in [5.41, 5.74) is 3.91. The molecule has 0 saturated heterocycles. The molecule has 0 amide bonds. The molecule has 0 saturated carbocycles. The Bertz CT molecular complexity index is 551. The first-order valence-corrected chi connectivity index (χ1v) is 7.59. The summed E-state index contributed by atoms with van der Waals surface area (Å²) in [5.74, 6) is 0. The van der Waals surface area contributed by atoms with E-state index < -0.39 is 0 Å². The largest absolute Gasteiger partial charge is 0.314 e. The van der Waals surface area contributed by atoms with E-state index in [9.17, 15) is 0 Å². The van der Waals surface area contributed by atoms with E-state index in [1.165, 1.54) is 16.7 Å². The number of halogens is 1. The van der Waals surface area contributed by atoms with Gasteiger partial charge in [-0.25, -0.2) is 0 Å². The molecule has 1 unspecified atom stereocenters. The van der Waals surface area contributed by atoms with E-state index >= 15 is 0 Å². The number of aryl methyl sites for hydroxylation is 1. The highest BCUT2D eigenvalue weighted by atomic mass is 35.5. The molecule has 0 aliphatic rings. The Morgan fingerprint density at radius 1 is 1.05 bits per heavy atom. The SMILES string of the molecule is CCNC(Cc1cccc(C)c1)Cc1ccccc1Cl. The van der Waals surface area contributed by atoms with Crippen molar-refractivity contribution in [2.24, 2.45) is 0 Å². The maximum atomic E-state index is 6.27. The Labute approximate surface area is 127 Å². The monoisotopic (exact) mass is 287 g/mol. The zero-order chi connectivity index (χ0) is 14.4. The topological polar surface area (TPSA) is 12.0 Å². The first kappa shape index (κ1) is 15.1. The molecular weight excluding hydrogens is 266 g/mol. The Kier molecular flexibility index (Phi) is 5.63. The maximum absolute atomic E-state index is 6.27. The maximum Gasteiger partial charge on any atom is 0.0438 e. The lowest BCUT2D eigenvalue weighted by Gasteiger charge is -2.19. The van der Waals surface area contributed by atoms with Crippen LogP contribution in [0, 0.1) is 6.92 Å². The Balaban J connectivity index is 2.09. The fourth-order valence-corrected chi connectivity index (χ4v) is 2.77. The van der Waals surface area contributed by atoms with E-state index in [-0.39, 0.29) is 0 Å². The number of nitrogens with one attached hydrogen (secondary N) is 1. The molecule has 106 valence electrons. The van der Waals surface area contributed by atoms with E-state index in [2.05, 4.69) is 55.6 Å². The predicted molar refractivity (Wildman–Crippen MR) is 87.5 cm³/mol. The molecule has 1 N–H and O–H groups in total. The third-order valence-corrected chi connectivity index (χ3v) is 3.85. The summed E-state index contributed by atoms with van der Waals surface area (Å²) in [5, 5.41) is 4.43. The van der Waals surface area contributed by atoms with Gasteiger partial charge in [0.2, 0.25) is 0 Å². The molecule has 1 nitrogen and oxygen atoms in total. The summed E-state index contributed by atoms with van der Waals surface area (Å²) in [7, 11) is 0. The third-order valence-electron chi connectivity index (χ3n) is 3.48. The molecule has 20 heavy (non-hydrogen) atoms. The molecule has 0 bridgehead atoms. The van der Waals surface area contributed by atoms with Crippen molar-refractivity contribution in [1.82, 2.24) is 5.32 Å². The van der Waals surface area contributed by atoms with Crippen LogP contribution in [0.15, 0.2) is 48.5 Å². The quantitative estimate of drug-likeness (QED) is 0.830. The minimum Gasteiger partial charge on any atom is -0.314 e. The number of benzene rings is 2. The number of hydrogen-bond acceptors (Lipinski definition) is 1. The first-order chi connectivity index (χ1) is 9.69. The third kappa shape index (κ3) is 4.36. The van der Waals surface area contributed by atoms with Crippen molar-refractivity contribution in [3.05, 3.63) is 70.2 Å². The summed E-state index contributed by atoms with van der Waals surface area (Å²) in [6.07, 6.45) is 1.99. The molecule has 0 aliphatic heterocycles. The highest BCUT2D eigenvalue weighted by Gasteiger charge is 2.11. The van der Waals surface area contributed by atoms with Crippen LogP contribution in [-0.4, -0.2) is 12.6 Å². The minimum atomic E-state index is 0.418. The van der Waals surface area contributed by atoms with Gasteiger partial charge < -0.3 is 5.32 Å². The fourth-order valence-electron chi connectivity index (χ4n) is 2.56. The van der Waals surface area contributed by atoms with E-state index in [1.54, 1.807) is 0 Å². The van der Waals surface area contributed by atoms with Gasteiger partial charge in [-0.3, -0.25) is 0 Å². The summed E-state index contributed by atoms with van der Waals surface area (Å²) in [4.78, 5) is 0. The number of likely N-dealkylation sites (N-methyl/N-ethyl adjacent to an activating group) is 1. The van der Waals surface area contributed by atoms with Crippen molar-refractivity contribution < 1.29 is 0 Å². The van der Waals surface area contributed by atoms with Crippen LogP contribution in [0.4, 0.5) is 0 Å². The molecule has 2 aromatic carbocycles. The fraction of sp³-hybridized carbons (Fsp3) is 0.333. The lowest BCUT2D eigenvalue weighted by molar-refractivity contribution is 0.521. The Morgan fingerprint density at radius 3 is 2.55 bits per heavy atom. The second-order valence-corrected chi connectivity index (χ2v) is 5.65. The van der Waals surface area contributed by atoms with Crippen LogP contribution in [-0.2, 0) is 12.8 Å². The van der Waals surface area contributed by atoms with Crippen LogP contribution >= 0.6 is 11.6 Å². The van der Waals surface area contributed by atoms with Crippen LogP contribution in [0.1, 0.15) is 23.6 Å². The second kappa shape index (κ2) is 7.47. The highest BCUT2D eigenvalue weighted by Crippen LogP contribution is 2.18.